The van der Waals surface area contributed by atoms with Gasteiger partial charge in [-0.15, -0.1) is 0 Å². The summed E-state index contributed by atoms with van der Waals surface area (Å²) in [7, 11) is 0. The predicted octanol–water partition coefficient (Wildman–Crippen LogP) is 3.91. The first-order valence-electron chi connectivity index (χ1n) is 6.61. The highest BCUT2D eigenvalue weighted by Crippen LogP contribution is 2.08. The lowest BCUT2D eigenvalue weighted by atomic mass is 10.1. The van der Waals surface area contributed by atoms with Gasteiger partial charge in [0.15, 0.2) is 0 Å². The van der Waals surface area contributed by atoms with Crippen LogP contribution >= 0.6 is 15.9 Å². The molecule has 2 aromatic rings. The molecule has 0 unspecified atom stereocenters. The van der Waals surface area contributed by atoms with E-state index in [0.29, 0.717) is 13.0 Å². The number of aryl methyl sites for hydroxylation is 1. The Hall–Kier alpha value is -1.61. The van der Waals surface area contributed by atoms with Crippen molar-refractivity contribution < 1.29 is 9.53 Å². The van der Waals surface area contributed by atoms with Crippen molar-refractivity contribution in [3.63, 3.8) is 0 Å². The van der Waals surface area contributed by atoms with Crippen molar-refractivity contribution in [3.8, 4) is 0 Å². The number of alkyl halides is 1. The number of ether oxygens (including phenoxy) is 1. The molecule has 0 radical (unpaired) electrons. The fourth-order valence-corrected chi connectivity index (χ4v) is 2.35. The molecule has 0 atom stereocenters. The molecule has 0 aliphatic carbocycles. The third-order valence-electron chi connectivity index (χ3n) is 3.00. The van der Waals surface area contributed by atoms with Gasteiger partial charge in [-0.3, -0.25) is 4.79 Å². The molecule has 0 heterocycles. The first-order chi connectivity index (χ1) is 9.78. The topological polar surface area (TPSA) is 26.3 Å². The Morgan fingerprint density at radius 2 is 1.55 bits per heavy atom. The van der Waals surface area contributed by atoms with E-state index >= 15 is 0 Å². The van der Waals surface area contributed by atoms with Crippen LogP contribution < -0.4 is 0 Å². The summed E-state index contributed by atoms with van der Waals surface area (Å²) in [4.78, 5) is 11.8. The number of benzene rings is 2. The van der Waals surface area contributed by atoms with E-state index < -0.39 is 0 Å². The zero-order valence-electron chi connectivity index (χ0n) is 11.2. The Morgan fingerprint density at radius 1 is 0.900 bits per heavy atom. The van der Waals surface area contributed by atoms with E-state index in [2.05, 4.69) is 28.1 Å². The molecule has 3 heteroatoms. The Balaban J connectivity index is 1.82. The summed E-state index contributed by atoms with van der Waals surface area (Å²) in [6.07, 6.45) is 1.32. The zero-order chi connectivity index (χ0) is 14.2. The minimum Gasteiger partial charge on any atom is -0.461 e. The lowest BCUT2D eigenvalue weighted by Crippen LogP contribution is -2.08. The Bertz CT molecular complexity index is 535. The lowest BCUT2D eigenvalue weighted by molar-refractivity contribution is -0.144. The first-order valence-corrected chi connectivity index (χ1v) is 7.73. The zero-order valence-corrected chi connectivity index (χ0v) is 12.8. The molecular weight excluding hydrogens is 316 g/mol. The molecule has 104 valence electrons. The standard InChI is InChI=1S/C17H17BrO2/c18-11-10-14-6-8-15(9-7-14)12-17(19)20-13-16-4-2-1-3-5-16/h1-9H,10-13H2. The van der Waals surface area contributed by atoms with Crippen LogP contribution in [0.4, 0.5) is 0 Å². The smallest absolute Gasteiger partial charge is 0.310 e. The van der Waals surface area contributed by atoms with Gasteiger partial charge in [0, 0.05) is 5.33 Å². The molecular formula is C17H17BrO2. The molecule has 20 heavy (non-hydrogen) atoms. The van der Waals surface area contributed by atoms with Crippen molar-refractivity contribution in [2.75, 3.05) is 5.33 Å². The van der Waals surface area contributed by atoms with Gasteiger partial charge in [0.2, 0.25) is 0 Å². The van der Waals surface area contributed by atoms with Gasteiger partial charge >= 0.3 is 5.97 Å². The second-order valence-corrected chi connectivity index (χ2v) is 5.37. The van der Waals surface area contributed by atoms with E-state index in [4.69, 9.17) is 4.74 Å². The molecule has 0 amide bonds. The quantitative estimate of drug-likeness (QED) is 0.592. The molecule has 0 spiro atoms. The number of hydrogen-bond donors (Lipinski definition) is 0. The van der Waals surface area contributed by atoms with Crippen LogP contribution in [0.3, 0.4) is 0 Å². The van der Waals surface area contributed by atoms with Crippen LogP contribution in [-0.2, 0) is 29.0 Å². The molecule has 2 nitrogen and oxygen atoms in total. The third kappa shape index (κ3) is 4.82. The van der Waals surface area contributed by atoms with Crippen LogP contribution in [0.1, 0.15) is 16.7 Å². The summed E-state index contributed by atoms with van der Waals surface area (Å²) in [5, 5.41) is 0.950. The molecule has 2 aromatic carbocycles. The Morgan fingerprint density at radius 3 is 2.20 bits per heavy atom. The summed E-state index contributed by atoms with van der Waals surface area (Å²) in [6, 6.07) is 17.8. The fraction of sp³-hybridized carbons (Fsp3) is 0.235. The van der Waals surface area contributed by atoms with E-state index in [1.165, 1.54) is 5.56 Å². The van der Waals surface area contributed by atoms with Crippen molar-refractivity contribution in [1.29, 1.82) is 0 Å². The van der Waals surface area contributed by atoms with Gasteiger partial charge in [-0.25, -0.2) is 0 Å². The molecule has 0 aliphatic rings. The number of carbonyl (C=O) groups excluding carboxylic acids is 1. The first kappa shape index (κ1) is 14.8. The van der Waals surface area contributed by atoms with Gasteiger partial charge in [-0.2, -0.15) is 0 Å². The maximum Gasteiger partial charge on any atom is 0.310 e. The van der Waals surface area contributed by atoms with E-state index in [1.54, 1.807) is 0 Å². The summed E-state index contributed by atoms with van der Waals surface area (Å²) in [5.74, 6) is -0.193. The second kappa shape index (κ2) is 7.85. The van der Waals surface area contributed by atoms with Gasteiger partial charge in [-0.05, 0) is 23.1 Å². The number of halogens is 1. The largest absolute Gasteiger partial charge is 0.461 e. The number of carbonyl (C=O) groups is 1. The molecule has 0 saturated heterocycles. The monoisotopic (exact) mass is 332 g/mol. The van der Waals surface area contributed by atoms with Crippen molar-refractivity contribution in [1.82, 2.24) is 0 Å². The van der Waals surface area contributed by atoms with Crippen LogP contribution in [-0.4, -0.2) is 11.3 Å². The normalized spacial score (nSPS) is 10.2. The summed E-state index contributed by atoms with van der Waals surface area (Å²) < 4.78 is 5.26. The van der Waals surface area contributed by atoms with E-state index in [0.717, 1.165) is 22.9 Å². The number of esters is 1. The molecule has 0 N–H and O–H groups in total. The molecule has 0 bridgehead atoms. The van der Waals surface area contributed by atoms with Crippen LogP contribution in [0.2, 0.25) is 0 Å². The van der Waals surface area contributed by atoms with Crippen LogP contribution in [0.15, 0.2) is 54.6 Å². The van der Waals surface area contributed by atoms with Crippen molar-refractivity contribution >= 4 is 21.9 Å². The molecule has 0 aromatic heterocycles. The highest BCUT2D eigenvalue weighted by Gasteiger charge is 2.05. The van der Waals surface area contributed by atoms with Gasteiger partial charge < -0.3 is 4.74 Å². The molecule has 0 aliphatic heterocycles. The maximum atomic E-state index is 11.8. The summed E-state index contributed by atoms with van der Waals surface area (Å²) >= 11 is 3.41. The highest BCUT2D eigenvalue weighted by atomic mass is 79.9. The van der Waals surface area contributed by atoms with Gasteiger partial charge in [0.05, 0.1) is 6.42 Å². The average molecular weight is 333 g/mol. The van der Waals surface area contributed by atoms with Crippen LogP contribution in [0.25, 0.3) is 0 Å². The van der Waals surface area contributed by atoms with Crippen molar-refractivity contribution in [3.05, 3.63) is 71.3 Å². The number of hydrogen-bond acceptors (Lipinski definition) is 2. The van der Waals surface area contributed by atoms with Crippen molar-refractivity contribution in [2.45, 2.75) is 19.4 Å². The van der Waals surface area contributed by atoms with Gasteiger partial charge in [0.1, 0.15) is 6.61 Å². The van der Waals surface area contributed by atoms with E-state index in [1.807, 2.05) is 42.5 Å². The Labute approximate surface area is 127 Å². The van der Waals surface area contributed by atoms with Crippen LogP contribution in [0.5, 0.6) is 0 Å². The van der Waals surface area contributed by atoms with Gasteiger partial charge in [-0.1, -0.05) is 70.5 Å². The highest BCUT2D eigenvalue weighted by molar-refractivity contribution is 9.09. The molecule has 2 rings (SSSR count). The minimum absolute atomic E-state index is 0.193. The summed E-state index contributed by atoms with van der Waals surface area (Å²) in [6.45, 7) is 0.335. The molecule has 0 fully saturated rings. The third-order valence-corrected chi connectivity index (χ3v) is 3.39. The lowest BCUT2D eigenvalue weighted by Gasteiger charge is -2.06. The SMILES string of the molecule is O=C(Cc1ccc(CCBr)cc1)OCc1ccccc1. The van der Waals surface area contributed by atoms with E-state index in [9.17, 15) is 4.79 Å². The Kier molecular flexibility index (Phi) is 5.81. The van der Waals surface area contributed by atoms with Crippen molar-refractivity contribution in [2.24, 2.45) is 0 Å². The predicted molar refractivity (Wildman–Crippen MR) is 83.9 cm³/mol. The van der Waals surface area contributed by atoms with E-state index in [-0.39, 0.29) is 5.97 Å². The maximum absolute atomic E-state index is 11.8. The molecule has 0 saturated carbocycles. The average Bonchev–Trinajstić information content (AvgIpc) is 2.49. The van der Waals surface area contributed by atoms with Gasteiger partial charge in [0.25, 0.3) is 0 Å². The second-order valence-electron chi connectivity index (χ2n) is 4.58. The minimum atomic E-state index is -0.193. The fourth-order valence-electron chi connectivity index (χ4n) is 1.89. The number of rotatable bonds is 6. The summed E-state index contributed by atoms with van der Waals surface area (Å²) in [5.41, 5.74) is 3.26. The van der Waals surface area contributed by atoms with Crippen LogP contribution in [0, 0.1) is 0 Å².